The van der Waals surface area contributed by atoms with Crippen molar-refractivity contribution < 1.29 is 0 Å². The quantitative estimate of drug-likeness (QED) is 0.416. The summed E-state index contributed by atoms with van der Waals surface area (Å²) in [5, 5.41) is 4.74. The average molecular weight is 361 g/mol. The fourth-order valence-corrected chi connectivity index (χ4v) is 3.63. The number of rotatable bonds is 10. The third-order valence-electron chi connectivity index (χ3n) is 5.18. The Morgan fingerprint density at radius 2 is 1.70 bits per heavy atom. The van der Waals surface area contributed by atoms with E-state index in [9.17, 15) is 0 Å². The van der Waals surface area contributed by atoms with Crippen LogP contribution in [0.5, 0.6) is 0 Å². The fourth-order valence-electron chi connectivity index (χ4n) is 3.63. The number of hydrogen-bond acceptors (Lipinski definition) is 2. The maximum absolute atomic E-state index is 4.68. The number of hydrogen-bond donors (Lipinski definition) is 1. The number of nitrogens with one attached hydrogen (secondary N) is 1. The summed E-state index contributed by atoms with van der Waals surface area (Å²) in [6.45, 7) is 6.37. The van der Waals surface area contributed by atoms with Crippen molar-refractivity contribution in [1.29, 1.82) is 0 Å². The van der Waals surface area contributed by atoms with Crippen LogP contribution in [0.25, 0.3) is 22.0 Å². The van der Waals surface area contributed by atoms with Crippen molar-refractivity contribution in [3.8, 4) is 11.1 Å². The minimum atomic E-state index is 0.873. The van der Waals surface area contributed by atoms with Crippen LogP contribution in [0.15, 0.2) is 54.7 Å². The number of benzene rings is 2. The average Bonchev–Trinajstić information content (AvgIpc) is 2.72. The predicted molar refractivity (Wildman–Crippen MR) is 117 cm³/mol. The van der Waals surface area contributed by atoms with E-state index >= 15 is 0 Å². The van der Waals surface area contributed by atoms with Gasteiger partial charge in [-0.15, -0.1) is 0 Å². The second-order valence-corrected chi connectivity index (χ2v) is 7.36. The van der Waals surface area contributed by atoms with Gasteiger partial charge in [-0.2, -0.15) is 0 Å². The summed E-state index contributed by atoms with van der Waals surface area (Å²) in [4.78, 5) is 4.68. The van der Waals surface area contributed by atoms with E-state index in [-0.39, 0.29) is 0 Å². The lowest BCUT2D eigenvalue weighted by Crippen LogP contribution is -2.14. The van der Waals surface area contributed by atoms with Gasteiger partial charge >= 0.3 is 0 Å². The number of aryl methyl sites for hydroxylation is 1. The van der Waals surface area contributed by atoms with Crippen molar-refractivity contribution in [1.82, 2.24) is 10.3 Å². The molecule has 0 aliphatic rings. The lowest BCUT2D eigenvalue weighted by molar-refractivity contribution is 0.667. The number of aromatic nitrogens is 1. The minimum absolute atomic E-state index is 0.873. The highest BCUT2D eigenvalue weighted by molar-refractivity contribution is 5.96. The molecule has 3 aromatic rings. The van der Waals surface area contributed by atoms with E-state index in [0.717, 1.165) is 25.0 Å². The maximum Gasteiger partial charge on any atom is 0.0753 e. The van der Waals surface area contributed by atoms with Crippen molar-refractivity contribution in [2.45, 2.75) is 58.9 Å². The Morgan fingerprint density at radius 3 is 2.48 bits per heavy atom. The zero-order valence-corrected chi connectivity index (χ0v) is 16.8. The number of pyridine rings is 1. The van der Waals surface area contributed by atoms with Crippen LogP contribution in [0.4, 0.5) is 0 Å². The third-order valence-corrected chi connectivity index (χ3v) is 5.18. The summed E-state index contributed by atoms with van der Waals surface area (Å²) >= 11 is 0. The van der Waals surface area contributed by atoms with Crippen LogP contribution in [0.3, 0.4) is 0 Å². The molecule has 0 amide bonds. The van der Waals surface area contributed by atoms with E-state index in [1.807, 2.05) is 12.3 Å². The molecule has 1 aromatic heterocycles. The zero-order valence-electron chi connectivity index (χ0n) is 16.8. The molecule has 0 saturated heterocycles. The van der Waals surface area contributed by atoms with Crippen molar-refractivity contribution in [2.24, 2.45) is 0 Å². The van der Waals surface area contributed by atoms with Crippen LogP contribution in [-0.2, 0) is 13.0 Å². The zero-order chi connectivity index (χ0) is 18.9. The van der Waals surface area contributed by atoms with Crippen LogP contribution < -0.4 is 5.32 Å². The highest BCUT2D eigenvalue weighted by Gasteiger charge is 2.09. The third kappa shape index (κ3) is 5.17. The topological polar surface area (TPSA) is 24.9 Å². The molecule has 0 aliphatic heterocycles. The molecule has 142 valence electrons. The molecule has 27 heavy (non-hydrogen) atoms. The van der Waals surface area contributed by atoms with E-state index in [4.69, 9.17) is 0 Å². The van der Waals surface area contributed by atoms with E-state index in [0.29, 0.717) is 0 Å². The van der Waals surface area contributed by atoms with Gasteiger partial charge in [-0.1, -0.05) is 75.6 Å². The Balaban J connectivity index is 1.81. The number of fused-ring (bicyclic) bond motifs is 1. The second-order valence-electron chi connectivity index (χ2n) is 7.36. The highest BCUT2D eigenvalue weighted by Crippen LogP contribution is 2.30. The van der Waals surface area contributed by atoms with E-state index in [2.05, 4.69) is 66.6 Å². The van der Waals surface area contributed by atoms with Crippen molar-refractivity contribution >= 4 is 10.9 Å². The largest absolute Gasteiger partial charge is 0.313 e. The van der Waals surface area contributed by atoms with E-state index in [1.54, 1.807) is 0 Å². The van der Waals surface area contributed by atoms with Crippen LogP contribution in [-0.4, -0.2) is 11.5 Å². The summed E-state index contributed by atoms with van der Waals surface area (Å²) in [6, 6.07) is 17.8. The van der Waals surface area contributed by atoms with Gasteiger partial charge in [0.1, 0.15) is 0 Å². The Hall–Kier alpha value is -2.19. The van der Waals surface area contributed by atoms with Crippen LogP contribution in [0, 0.1) is 0 Å². The second kappa shape index (κ2) is 10.2. The Bertz CT molecular complexity index is 837. The normalized spacial score (nSPS) is 11.2. The van der Waals surface area contributed by atoms with E-state index in [1.165, 1.54) is 59.7 Å². The molecule has 0 atom stereocenters. The Morgan fingerprint density at radius 1 is 0.852 bits per heavy atom. The standard InChI is InChI=1S/C25H32N2/c1-3-5-6-7-9-20-11-13-21(14-12-20)23-16-15-22(19-26-17-4-2)25-24(23)10-8-18-27-25/h8,10-16,18,26H,3-7,9,17,19H2,1-2H3. The summed E-state index contributed by atoms with van der Waals surface area (Å²) < 4.78 is 0. The molecular weight excluding hydrogens is 328 g/mol. The van der Waals surface area contributed by atoms with Crippen molar-refractivity contribution in [3.05, 3.63) is 65.9 Å². The van der Waals surface area contributed by atoms with Gasteiger partial charge in [0.05, 0.1) is 5.52 Å². The first-order valence-electron chi connectivity index (χ1n) is 10.5. The van der Waals surface area contributed by atoms with Gasteiger partial charge in [0.25, 0.3) is 0 Å². The molecular formula is C25H32N2. The van der Waals surface area contributed by atoms with Crippen LogP contribution in [0.2, 0.25) is 0 Å². The molecule has 0 aliphatic carbocycles. The lowest BCUT2D eigenvalue weighted by atomic mass is 9.96. The minimum Gasteiger partial charge on any atom is -0.313 e. The Labute approximate surface area is 164 Å². The van der Waals surface area contributed by atoms with Crippen LogP contribution in [0.1, 0.15) is 57.1 Å². The van der Waals surface area contributed by atoms with Crippen molar-refractivity contribution in [2.75, 3.05) is 6.54 Å². The highest BCUT2D eigenvalue weighted by atomic mass is 14.8. The molecule has 0 unspecified atom stereocenters. The molecule has 1 N–H and O–H groups in total. The molecule has 3 rings (SSSR count). The molecule has 0 radical (unpaired) electrons. The first kappa shape index (κ1) is 19.6. The maximum atomic E-state index is 4.68. The monoisotopic (exact) mass is 360 g/mol. The summed E-state index contributed by atoms with van der Waals surface area (Å²) in [7, 11) is 0. The van der Waals surface area contributed by atoms with Crippen LogP contribution >= 0.6 is 0 Å². The molecule has 2 heteroatoms. The summed E-state index contributed by atoms with van der Waals surface area (Å²) in [6.07, 6.45) is 9.50. The first-order chi connectivity index (χ1) is 13.3. The molecule has 0 saturated carbocycles. The summed E-state index contributed by atoms with van der Waals surface area (Å²) in [5.74, 6) is 0. The number of nitrogens with zero attached hydrogens (tertiary/aromatic N) is 1. The molecule has 1 heterocycles. The van der Waals surface area contributed by atoms with E-state index < -0.39 is 0 Å². The predicted octanol–water partition coefficient (Wildman–Crippen LogP) is 6.52. The van der Waals surface area contributed by atoms with Crippen molar-refractivity contribution in [3.63, 3.8) is 0 Å². The molecule has 0 fully saturated rings. The molecule has 2 nitrogen and oxygen atoms in total. The number of unbranched alkanes of at least 4 members (excludes halogenated alkanes) is 3. The van der Waals surface area contributed by atoms with Gasteiger partial charge in [0.2, 0.25) is 0 Å². The van der Waals surface area contributed by atoms with Gasteiger partial charge in [0, 0.05) is 18.1 Å². The molecule has 0 bridgehead atoms. The molecule has 0 spiro atoms. The van der Waals surface area contributed by atoms with Gasteiger partial charge in [-0.25, -0.2) is 0 Å². The van der Waals surface area contributed by atoms with Gasteiger partial charge in [-0.3, -0.25) is 4.98 Å². The Kier molecular flexibility index (Phi) is 7.41. The fraction of sp³-hybridized carbons (Fsp3) is 0.400. The summed E-state index contributed by atoms with van der Waals surface area (Å²) in [5.41, 5.74) is 6.38. The molecule has 2 aromatic carbocycles. The SMILES string of the molecule is CCCCCCc1ccc(-c2ccc(CNCCC)c3ncccc23)cc1. The van der Waals surface area contributed by atoms with Gasteiger partial charge in [0.15, 0.2) is 0 Å². The van der Waals surface area contributed by atoms with Gasteiger partial charge in [-0.05, 0) is 54.1 Å². The first-order valence-corrected chi connectivity index (χ1v) is 10.5. The van der Waals surface area contributed by atoms with Gasteiger partial charge < -0.3 is 5.32 Å². The smallest absolute Gasteiger partial charge is 0.0753 e. The lowest BCUT2D eigenvalue weighted by Gasteiger charge is -2.12.